The number of halogens is 1. The van der Waals surface area contributed by atoms with E-state index in [0.29, 0.717) is 12.0 Å². The number of carbonyl (C=O) groups excluding carboxylic acids is 1. The number of hydrogen-bond acceptors (Lipinski definition) is 6. The van der Waals surface area contributed by atoms with Crippen molar-refractivity contribution in [2.75, 3.05) is 0 Å². The average Bonchev–Trinajstić information content (AvgIpc) is 2.48. The summed E-state index contributed by atoms with van der Waals surface area (Å²) in [5.41, 5.74) is 0.468. The van der Waals surface area contributed by atoms with Gasteiger partial charge in [0.1, 0.15) is 10.7 Å². The van der Waals surface area contributed by atoms with Crippen LogP contribution < -0.4 is 4.74 Å². The molecule has 0 fully saturated rings. The highest BCUT2D eigenvalue weighted by molar-refractivity contribution is 6.29. The number of hydrogen-bond donors (Lipinski definition) is 2. The number of aromatic nitrogens is 2. The van der Waals surface area contributed by atoms with Crippen molar-refractivity contribution in [2.45, 2.75) is 13.5 Å². The van der Waals surface area contributed by atoms with Crippen molar-refractivity contribution in [3.8, 4) is 11.6 Å². The smallest absolute Gasteiger partial charge is 0.341 e. The highest BCUT2D eigenvalue weighted by atomic mass is 35.5. The van der Waals surface area contributed by atoms with Gasteiger partial charge in [0.05, 0.1) is 17.9 Å². The zero-order chi connectivity index (χ0) is 16.3. The van der Waals surface area contributed by atoms with Crippen LogP contribution in [0.25, 0.3) is 0 Å². The van der Waals surface area contributed by atoms with Crippen molar-refractivity contribution >= 4 is 23.9 Å². The summed E-state index contributed by atoms with van der Waals surface area (Å²) >= 11 is 5.75. The van der Waals surface area contributed by atoms with Crippen molar-refractivity contribution < 1.29 is 24.5 Å². The van der Waals surface area contributed by atoms with E-state index in [1.165, 1.54) is 18.3 Å². The minimum Gasteiger partial charge on any atom is -0.477 e. The minimum atomic E-state index is -1.25. The molecule has 2 aromatic rings. The Balaban J connectivity index is 2.58. The Morgan fingerprint density at radius 3 is 2.77 bits per heavy atom. The topological polar surface area (TPSA) is 110 Å². The number of pyridine rings is 2. The van der Waals surface area contributed by atoms with Crippen molar-refractivity contribution in [3.63, 3.8) is 0 Å². The van der Waals surface area contributed by atoms with Crippen LogP contribution in [-0.4, -0.2) is 32.4 Å². The van der Waals surface area contributed by atoms with Gasteiger partial charge in [0, 0.05) is 11.8 Å². The van der Waals surface area contributed by atoms with E-state index in [1.807, 2.05) is 0 Å². The van der Waals surface area contributed by atoms with E-state index in [4.69, 9.17) is 21.4 Å². The second-order valence-corrected chi connectivity index (χ2v) is 4.67. The summed E-state index contributed by atoms with van der Waals surface area (Å²) in [4.78, 5) is 30.3. The van der Waals surface area contributed by atoms with Crippen molar-refractivity contribution in [2.24, 2.45) is 0 Å². The Morgan fingerprint density at radius 2 is 2.18 bits per heavy atom. The number of nitrogens with zero attached hydrogens (tertiary/aromatic N) is 2. The van der Waals surface area contributed by atoms with Gasteiger partial charge < -0.3 is 14.9 Å². The van der Waals surface area contributed by atoms with Crippen LogP contribution in [0.1, 0.15) is 32.0 Å². The molecule has 0 spiro atoms. The molecule has 0 bridgehead atoms. The van der Waals surface area contributed by atoms with Gasteiger partial charge in [0.2, 0.25) is 5.88 Å². The van der Waals surface area contributed by atoms with Gasteiger partial charge in [0.15, 0.2) is 12.0 Å². The Labute approximate surface area is 130 Å². The maximum Gasteiger partial charge on any atom is 0.341 e. The quantitative estimate of drug-likeness (QED) is 0.641. The maximum absolute atomic E-state index is 11.3. The fourth-order valence-electron chi connectivity index (χ4n) is 1.78. The van der Waals surface area contributed by atoms with Gasteiger partial charge in [-0.1, -0.05) is 11.6 Å². The van der Waals surface area contributed by atoms with Crippen LogP contribution in [0.15, 0.2) is 18.3 Å². The summed E-state index contributed by atoms with van der Waals surface area (Å²) < 4.78 is 5.47. The molecule has 0 saturated carbocycles. The summed E-state index contributed by atoms with van der Waals surface area (Å²) in [6, 6.07) is 2.56. The third-order valence-electron chi connectivity index (χ3n) is 2.88. The number of carbonyl (C=O) groups is 2. The van der Waals surface area contributed by atoms with Gasteiger partial charge in [0.25, 0.3) is 0 Å². The van der Waals surface area contributed by atoms with E-state index >= 15 is 0 Å². The predicted molar refractivity (Wildman–Crippen MR) is 76.6 cm³/mol. The van der Waals surface area contributed by atoms with Gasteiger partial charge in [-0.15, -0.1) is 0 Å². The van der Waals surface area contributed by atoms with E-state index in [-0.39, 0.29) is 33.5 Å². The van der Waals surface area contributed by atoms with Gasteiger partial charge in [-0.3, -0.25) is 9.78 Å². The van der Waals surface area contributed by atoms with Gasteiger partial charge >= 0.3 is 5.97 Å². The largest absolute Gasteiger partial charge is 0.477 e. The van der Waals surface area contributed by atoms with Crippen molar-refractivity contribution in [1.29, 1.82) is 0 Å². The van der Waals surface area contributed by atoms with Crippen LogP contribution in [0, 0.1) is 6.92 Å². The van der Waals surface area contributed by atoms with Crippen LogP contribution in [0.4, 0.5) is 0 Å². The maximum atomic E-state index is 11.3. The number of rotatable bonds is 5. The zero-order valence-electron chi connectivity index (χ0n) is 11.4. The second kappa shape index (κ2) is 6.50. The van der Waals surface area contributed by atoms with Crippen LogP contribution in [-0.2, 0) is 6.61 Å². The lowest BCUT2D eigenvalue weighted by molar-refractivity contribution is 0.0693. The Kier molecular flexibility index (Phi) is 4.69. The van der Waals surface area contributed by atoms with Crippen molar-refractivity contribution in [3.05, 3.63) is 45.9 Å². The monoisotopic (exact) mass is 322 g/mol. The van der Waals surface area contributed by atoms with E-state index in [2.05, 4.69) is 9.97 Å². The first-order valence-corrected chi connectivity index (χ1v) is 6.48. The van der Waals surface area contributed by atoms with Crippen LogP contribution in [0.3, 0.4) is 0 Å². The minimum absolute atomic E-state index is 0.0267. The lowest BCUT2D eigenvalue weighted by atomic mass is 10.1. The molecule has 0 atom stereocenters. The number of carboxylic acids is 1. The Morgan fingerprint density at radius 1 is 1.45 bits per heavy atom. The van der Waals surface area contributed by atoms with E-state index < -0.39 is 12.6 Å². The second-order valence-electron chi connectivity index (χ2n) is 4.28. The molecule has 0 aliphatic rings. The summed E-state index contributed by atoms with van der Waals surface area (Å²) in [5, 5.41) is 18.4. The first kappa shape index (κ1) is 15.9. The molecule has 2 heterocycles. The number of aryl methyl sites for hydroxylation is 1. The third kappa shape index (κ3) is 3.05. The summed E-state index contributed by atoms with van der Waals surface area (Å²) in [6.07, 6.45) is 1.84. The van der Waals surface area contributed by atoms with Gasteiger partial charge in [-0.05, 0) is 19.1 Å². The molecule has 0 aromatic carbocycles. The van der Waals surface area contributed by atoms with E-state index in [1.54, 1.807) is 6.92 Å². The third-order valence-corrected chi connectivity index (χ3v) is 3.09. The molecule has 0 radical (unpaired) electrons. The first-order valence-electron chi connectivity index (χ1n) is 6.10. The standard InChI is InChI=1S/C14H11ClN2O5/c1-7-12(10(6-19)8(5-18)4-16-7)22-13-9(14(20)21)2-3-11(15)17-13/h2-4,6,18H,5H2,1H3,(H,20,21). The molecule has 114 valence electrons. The number of ether oxygens (including phenoxy) is 1. The lowest BCUT2D eigenvalue weighted by Gasteiger charge is -2.13. The molecule has 22 heavy (non-hydrogen) atoms. The fourth-order valence-corrected chi connectivity index (χ4v) is 1.92. The zero-order valence-corrected chi connectivity index (χ0v) is 12.2. The van der Waals surface area contributed by atoms with Gasteiger partial charge in [-0.25, -0.2) is 9.78 Å². The number of aromatic carboxylic acids is 1. The van der Waals surface area contributed by atoms with E-state index in [0.717, 1.165) is 0 Å². The number of carboxylic acid groups (broad SMARTS) is 1. The molecule has 0 unspecified atom stereocenters. The molecule has 0 aliphatic carbocycles. The molecule has 0 saturated heterocycles. The highest BCUT2D eigenvalue weighted by Crippen LogP contribution is 2.31. The normalized spacial score (nSPS) is 10.3. The van der Waals surface area contributed by atoms with Crippen LogP contribution in [0.2, 0.25) is 5.15 Å². The summed E-state index contributed by atoms with van der Waals surface area (Å²) in [7, 11) is 0. The molecule has 2 aromatic heterocycles. The molecule has 0 aliphatic heterocycles. The van der Waals surface area contributed by atoms with E-state index in [9.17, 15) is 14.7 Å². The summed E-state index contributed by atoms with van der Waals surface area (Å²) in [6.45, 7) is 1.17. The molecular weight excluding hydrogens is 312 g/mol. The number of aldehydes is 1. The Bertz CT molecular complexity index is 748. The SMILES string of the molecule is Cc1ncc(CO)c(C=O)c1Oc1nc(Cl)ccc1C(=O)O. The van der Waals surface area contributed by atoms with Crippen molar-refractivity contribution in [1.82, 2.24) is 9.97 Å². The number of aliphatic hydroxyl groups is 1. The molecule has 8 heteroatoms. The first-order chi connectivity index (χ1) is 10.5. The fraction of sp³-hybridized carbons (Fsp3) is 0.143. The molecule has 2 N–H and O–H groups in total. The van der Waals surface area contributed by atoms with Crippen LogP contribution in [0.5, 0.6) is 11.6 Å². The molecule has 7 nitrogen and oxygen atoms in total. The molecule has 0 amide bonds. The number of aliphatic hydroxyl groups excluding tert-OH is 1. The lowest BCUT2D eigenvalue weighted by Crippen LogP contribution is -2.06. The molecule has 2 rings (SSSR count). The summed E-state index contributed by atoms with van der Waals surface area (Å²) in [5.74, 6) is -1.49. The van der Waals surface area contributed by atoms with Gasteiger partial charge in [-0.2, -0.15) is 0 Å². The molecular formula is C14H11ClN2O5. The van der Waals surface area contributed by atoms with Crippen LogP contribution >= 0.6 is 11.6 Å². The highest BCUT2D eigenvalue weighted by Gasteiger charge is 2.19. The predicted octanol–water partition coefficient (Wildman–Crippen LogP) is 2.23. The Hall–Kier alpha value is -2.51. The average molecular weight is 323 g/mol.